The molecule has 19 heavy (non-hydrogen) atoms. The number of rotatable bonds is 4. The van der Waals surface area contributed by atoms with Crippen molar-refractivity contribution < 1.29 is 9.90 Å². The van der Waals surface area contributed by atoms with E-state index in [1.54, 1.807) is 11.9 Å². The monoisotopic (exact) mass is 268 g/mol. The lowest BCUT2D eigenvalue weighted by Crippen LogP contribution is -2.51. The molecule has 2 atom stereocenters. The molecule has 0 saturated heterocycles. The second kappa shape index (κ2) is 5.70. The van der Waals surface area contributed by atoms with E-state index in [1.165, 1.54) is 19.3 Å². The van der Waals surface area contributed by atoms with E-state index in [0.717, 1.165) is 19.3 Å². The van der Waals surface area contributed by atoms with Gasteiger partial charge in [0.2, 0.25) is 0 Å². The number of urea groups is 1. The largest absolute Gasteiger partial charge is 0.391 e. The average Bonchev–Trinajstić information content (AvgIpc) is 3.15. The lowest BCUT2D eigenvalue weighted by Gasteiger charge is -2.39. The molecular weight excluding hydrogens is 240 g/mol. The third-order valence-electron chi connectivity index (χ3n) is 4.78. The molecule has 0 aliphatic heterocycles. The number of hydrogen-bond acceptors (Lipinski definition) is 2. The summed E-state index contributed by atoms with van der Waals surface area (Å²) >= 11 is 0. The van der Waals surface area contributed by atoms with Crippen LogP contribution in [0.3, 0.4) is 0 Å². The molecule has 2 N–H and O–H groups in total. The molecule has 2 fully saturated rings. The van der Waals surface area contributed by atoms with Crippen LogP contribution in [0.15, 0.2) is 0 Å². The van der Waals surface area contributed by atoms with Crippen LogP contribution < -0.4 is 5.32 Å². The Morgan fingerprint density at radius 1 is 1.37 bits per heavy atom. The number of aliphatic hydroxyl groups excluding tert-OH is 1. The summed E-state index contributed by atoms with van der Waals surface area (Å²) in [4.78, 5) is 13.8. The van der Waals surface area contributed by atoms with Gasteiger partial charge in [0, 0.05) is 19.6 Å². The molecule has 4 heteroatoms. The Morgan fingerprint density at radius 3 is 2.63 bits per heavy atom. The van der Waals surface area contributed by atoms with Crippen molar-refractivity contribution in [1.82, 2.24) is 10.2 Å². The molecule has 0 spiro atoms. The van der Waals surface area contributed by atoms with Crippen LogP contribution in [0.4, 0.5) is 4.79 Å². The zero-order chi connectivity index (χ0) is 14.0. The maximum atomic E-state index is 12.2. The van der Waals surface area contributed by atoms with Crippen molar-refractivity contribution >= 4 is 6.03 Å². The van der Waals surface area contributed by atoms with Gasteiger partial charge in [-0.1, -0.05) is 26.7 Å². The fraction of sp³-hybridized carbons (Fsp3) is 0.933. The zero-order valence-corrected chi connectivity index (χ0v) is 12.5. The number of amides is 2. The van der Waals surface area contributed by atoms with Crippen molar-refractivity contribution in [2.45, 2.75) is 64.5 Å². The Morgan fingerprint density at radius 2 is 2.05 bits per heavy atom. The highest BCUT2D eigenvalue weighted by atomic mass is 16.3. The number of nitrogens with one attached hydrogen (secondary N) is 1. The quantitative estimate of drug-likeness (QED) is 0.822. The first kappa shape index (κ1) is 14.6. The molecule has 0 aromatic carbocycles. The average molecular weight is 268 g/mol. The van der Waals surface area contributed by atoms with Crippen molar-refractivity contribution in [2.75, 3.05) is 13.6 Å². The number of nitrogens with zero attached hydrogens (tertiary/aromatic N) is 1. The summed E-state index contributed by atoms with van der Waals surface area (Å²) in [7, 11) is 1.77. The molecule has 2 rings (SSSR count). The molecule has 2 unspecified atom stereocenters. The van der Waals surface area contributed by atoms with E-state index in [4.69, 9.17) is 0 Å². The van der Waals surface area contributed by atoms with Gasteiger partial charge in [-0.25, -0.2) is 4.79 Å². The number of hydrogen-bond donors (Lipinski definition) is 2. The maximum Gasteiger partial charge on any atom is 0.317 e. The van der Waals surface area contributed by atoms with Gasteiger partial charge in [-0.05, 0) is 37.0 Å². The van der Waals surface area contributed by atoms with Crippen molar-refractivity contribution in [3.63, 3.8) is 0 Å². The fourth-order valence-electron chi connectivity index (χ4n) is 3.01. The van der Waals surface area contributed by atoms with Crippen LogP contribution in [0.1, 0.15) is 52.4 Å². The predicted octanol–water partition coefficient (Wildman–Crippen LogP) is 2.37. The minimum absolute atomic E-state index is 0.0420. The molecule has 2 saturated carbocycles. The van der Waals surface area contributed by atoms with Crippen LogP contribution in [-0.2, 0) is 0 Å². The van der Waals surface area contributed by atoms with Gasteiger partial charge in [0.25, 0.3) is 0 Å². The number of likely N-dealkylation sites (N-methyl/N-ethyl adjacent to an activating group) is 1. The van der Waals surface area contributed by atoms with Gasteiger partial charge in [-0.2, -0.15) is 0 Å². The Bertz CT molecular complexity index is 326. The first-order chi connectivity index (χ1) is 8.90. The second-order valence-corrected chi connectivity index (χ2v) is 7.02. The van der Waals surface area contributed by atoms with Crippen molar-refractivity contribution in [2.24, 2.45) is 11.3 Å². The third-order valence-corrected chi connectivity index (χ3v) is 4.78. The summed E-state index contributed by atoms with van der Waals surface area (Å²) in [6.45, 7) is 4.91. The lowest BCUT2D eigenvalue weighted by molar-refractivity contribution is 0.106. The Labute approximate surface area is 116 Å². The van der Waals surface area contributed by atoms with Crippen LogP contribution >= 0.6 is 0 Å². The minimum Gasteiger partial charge on any atom is -0.391 e. The van der Waals surface area contributed by atoms with Crippen molar-refractivity contribution in [1.29, 1.82) is 0 Å². The topological polar surface area (TPSA) is 52.6 Å². The summed E-state index contributed by atoms with van der Waals surface area (Å²) in [6.07, 6.45) is 6.55. The highest BCUT2D eigenvalue weighted by Gasteiger charge is 2.35. The van der Waals surface area contributed by atoms with E-state index >= 15 is 0 Å². The standard InChI is InChI=1S/C15H28N2O2/c1-15(2)9-5-4-6-13(15)16-14(19)17(3)10-12(18)11-7-8-11/h11-13,18H,4-10H2,1-3H3,(H,16,19). The SMILES string of the molecule is CN(CC(O)C1CC1)C(=O)NC1CCCCC1(C)C. The molecule has 0 bridgehead atoms. The highest BCUT2D eigenvalue weighted by Crippen LogP contribution is 2.35. The summed E-state index contributed by atoms with van der Waals surface area (Å²) in [5, 5.41) is 13.0. The zero-order valence-electron chi connectivity index (χ0n) is 12.5. The van der Waals surface area contributed by atoms with Crippen LogP contribution in [-0.4, -0.2) is 41.8 Å². The fourth-order valence-corrected chi connectivity index (χ4v) is 3.01. The van der Waals surface area contributed by atoms with Crippen LogP contribution in [0.5, 0.6) is 0 Å². The Kier molecular flexibility index (Phi) is 4.39. The molecule has 0 aromatic heterocycles. The Hall–Kier alpha value is -0.770. The van der Waals surface area contributed by atoms with Gasteiger partial charge < -0.3 is 15.3 Å². The minimum atomic E-state index is -0.352. The van der Waals surface area contributed by atoms with Crippen LogP contribution in [0.25, 0.3) is 0 Å². The Balaban J connectivity index is 1.81. The molecule has 0 aromatic rings. The second-order valence-electron chi connectivity index (χ2n) is 7.02. The normalized spacial score (nSPS) is 27.7. The van der Waals surface area contributed by atoms with E-state index in [-0.39, 0.29) is 23.6 Å². The lowest BCUT2D eigenvalue weighted by atomic mass is 9.73. The van der Waals surface area contributed by atoms with Crippen molar-refractivity contribution in [3.05, 3.63) is 0 Å². The predicted molar refractivity (Wildman–Crippen MR) is 75.9 cm³/mol. The van der Waals surface area contributed by atoms with Crippen molar-refractivity contribution in [3.8, 4) is 0 Å². The first-order valence-corrected chi connectivity index (χ1v) is 7.60. The molecular formula is C15H28N2O2. The van der Waals surface area contributed by atoms with Crippen LogP contribution in [0.2, 0.25) is 0 Å². The van der Waals surface area contributed by atoms with Gasteiger partial charge in [0.1, 0.15) is 0 Å². The molecule has 2 aliphatic rings. The highest BCUT2D eigenvalue weighted by molar-refractivity contribution is 5.74. The first-order valence-electron chi connectivity index (χ1n) is 7.60. The van der Waals surface area contributed by atoms with E-state index in [1.807, 2.05) is 0 Å². The molecule has 4 nitrogen and oxygen atoms in total. The maximum absolute atomic E-state index is 12.2. The molecule has 110 valence electrons. The van der Waals surface area contributed by atoms with Gasteiger partial charge >= 0.3 is 6.03 Å². The molecule has 2 aliphatic carbocycles. The van der Waals surface area contributed by atoms with E-state index in [9.17, 15) is 9.90 Å². The van der Waals surface area contributed by atoms with Crippen LogP contribution in [0, 0.1) is 11.3 Å². The third kappa shape index (κ3) is 3.85. The number of carbonyl (C=O) groups excluding carboxylic acids is 1. The molecule has 2 amide bonds. The van der Waals surface area contributed by atoms with Gasteiger partial charge in [0.05, 0.1) is 6.10 Å². The molecule has 0 heterocycles. The smallest absolute Gasteiger partial charge is 0.317 e. The summed E-state index contributed by atoms with van der Waals surface area (Å²) in [6, 6.07) is 0.217. The number of aliphatic hydroxyl groups is 1. The van der Waals surface area contributed by atoms with Gasteiger partial charge in [0.15, 0.2) is 0 Å². The van der Waals surface area contributed by atoms with Gasteiger partial charge in [-0.15, -0.1) is 0 Å². The van der Waals surface area contributed by atoms with E-state index in [0.29, 0.717) is 12.5 Å². The molecule has 0 radical (unpaired) electrons. The summed E-state index contributed by atoms with van der Waals surface area (Å²) < 4.78 is 0. The van der Waals surface area contributed by atoms with Gasteiger partial charge in [-0.3, -0.25) is 0 Å². The summed E-state index contributed by atoms with van der Waals surface area (Å²) in [5.41, 5.74) is 0.184. The summed E-state index contributed by atoms with van der Waals surface area (Å²) in [5.74, 6) is 0.418. The van der Waals surface area contributed by atoms with E-state index < -0.39 is 0 Å². The van der Waals surface area contributed by atoms with E-state index in [2.05, 4.69) is 19.2 Å². The number of carbonyl (C=O) groups is 1.